The molecule has 5 rings (SSSR count). The number of aromatic hydroxyl groups is 1. The normalized spacial score (nSPS) is 18.5. The van der Waals surface area contributed by atoms with E-state index in [9.17, 15) is 9.90 Å². The van der Waals surface area contributed by atoms with E-state index in [0.29, 0.717) is 11.5 Å². The van der Waals surface area contributed by atoms with Gasteiger partial charge < -0.3 is 9.84 Å². The van der Waals surface area contributed by atoms with Crippen molar-refractivity contribution in [3.63, 3.8) is 0 Å². The molecule has 1 aliphatic carbocycles. The SMILES string of the molecule is COc1cc([C@@H]2CSc3nc4sc5c(c4c(=O)n32)CCCC5)cc(Cl)c1O. The summed E-state index contributed by atoms with van der Waals surface area (Å²) in [4.78, 5) is 20.4. The second-order valence-corrected chi connectivity index (χ2v) is 9.32. The van der Waals surface area contributed by atoms with Gasteiger partial charge in [0.15, 0.2) is 16.7 Å². The molecule has 1 N–H and O–H groups in total. The maximum Gasteiger partial charge on any atom is 0.263 e. The number of methoxy groups -OCH3 is 1. The van der Waals surface area contributed by atoms with Crippen molar-refractivity contribution in [3.05, 3.63) is 43.5 Å². The lowest BCUT2D eigenvalue weighted by molar-refractivity contribution is 0.372. The van der Waals surface area contributed by atoms with Crippen LogP contribution in [0.15, 0.2) is 22.1 Å². The predicted molar refractivity (Wildman–Crippen MR) is 109 cm³/mol. The van der Waals surface area contributed by atoms with E-state index in [-0.39, 0.29) is 22.4 Å². The number of thioether (sulfide) groups is 1. The molecular formula is C19H17ClN2O3S2. The molecule has 140 valence electrons. The third kappa shape index (κ3) is 2.59. The minimum atomic E-state index is -0.180. The molecule has 0 amide bonds. The van der Waals surface area contributed by atoms with Crippen LogP contribution >= 0.6 is 34.7 Å². The number of benzene rings is 1. The fourth-order valence-electron chi connectivity index (χ4n) is 3.99. The summed E-state index contributed by atoms with van der Waals surface area (Å²) in [6.07, 6.45) is 4.32. The van der Waals surface area contributed by atoms with Gasteiger partial charge in [-0.2, -0.15) is 0 Å². The van der Waals surface area contributed by atoms with Crippen LogP contribution in [-0.4, -0.2) is 27.5 Å². The molecule has 3 aromatic rings. The first kappa shape index (κ1) is 17.4. The summed E-state index contributed by atoms with van der Waals surface area (Å²) in [5, 5.41) is 11.8. The lowest BCUT2D eigenvalue weighted by Gasteiger charge is -2.16. The highest BCUT2D eigenvalue weighted by Gasteiger charge is 2.31. The fourth-order valence-corrected chi connectivity index (χ4v) is 6.67. The fraction of sp³-hybridized carbons (Fsp3) is 0.368. The van der Waals surface area contributed by atoms with Crippen molar-refractivity contribution in [3.8, 4) is 11.5 Å². The van der Waals surface area contributed by atoms with E-state index in [1.54, 1.807) is 39.8 Å². The van der Waals surface area contributed by atoms with Gasteiger partial charge in [-0.1, -0.05) is 23.4 Å². The first-order valence-electron chi connectivity index (χ1n) is 8.84. The summed E-state index contributed by atoms with van der Waals surface area (Å²) in [5.41, 5.74) is 2.08. The van der Waals surface area contributed by atoms with Gasteiger partial charge >= 0.3 is 0 Å². The van der Waals surface area contributed by atoms with E-state index in [0.717, 1.165) is 40.2 Å². The Bertz CT molecular complexity index is 1140. The molecule has 0 radical (unpaired) electrons. The Morgan fingerprint density at radius 3 is 2.96 bits per heavy atom. The molecule has 0 saturated carbocycles. The van der Waals surface area contributed by atoms with Gasteiger partial charge in [-0.25, -0.2) is 4.98 Å². The molecular weight excluding hydrogens is 404 g/mol. The number of thiophene rings is 1. The number of aryl methyl sites for hydroxylation is 2. The zero-order valence-corrected chi connectivity index (χ0v) is 17.0. The number of halogens is 1. The summed E-state index contributed by atoms with van der Waals surface area (Å²) in [7, 11) is 1.49. The van der Waals surface area contributed by atoms with E-state index >= 15 is 0 Å². The van der Waals surface area contributed by atoms with Crippen LogP contribution in [0.2, 0.25) is 5.02 Å². The summed E-state index contributed by atoms with van der Waals surface area (Å²) in [6.45, 7) is 0. The number of aromatic nitrogens is 2. The largest absolute Gasteiger partial charge is 0.503 e. The van der Waals surface area contributed by atoms with E-state index in [2.05, 4.69) is 0 Å². The number of fused-ring (bicyclic) bond motifs is 4. The van der Waals surface area contributed by atoms with Crippen molar-refractivity contribution in [1.29, 1.82) is 0 Å². The molecule has 2 aromatic heterocycles. The maximum absolute atomic E-state index is 13.4. The number of hydrogen-bond donors (Lipinski definition) is 1. The van der Waals surface area contributed by atoms with Crippen LogP contribution in [-0.2, 0) is 12.8 Å². The van der Waals surface area contributed by atoms with Crippen molar-refractivity contribution >= 4 is 44.9 Å². The average Bonchev–Trinajstić information content (AvgIpc) is 3.25. The van der Waals surface area contributed by atoms with E-state index in [1.807, 2.05) is 0 Å². The van der Waals surface area contributed by atoms with Crippen LogP contribution in [0.4, 0.5) is 0 Å². The van der Waals surface area contributed by atoms with Crippen molar-refractivity contribution in [2.75, 3.05) is 12.9 Å². The Balaban J connectivity index is 1.71. The van der Waals surface area contributed by atoms with Crippen molar-refractivity contribution in [2.24, 2.45) is 0 Å². The van der Waals surface area contributed by atoms with Gasteiger partial charge in [-0.15, -0.1) is 11.3 Å². The van der Waals surface area contributed by atoms with Gasteiger partial charge in [0.25, 0.3) is 5.56 Å². The van der Waals surface area contributed by atoms with Crippen LogP contribution in [0.1, 0.15) is 34.9 Å². The molecule has 2 aliphatic rings. The molecule has 0 saturated heterocycles. The maximum atomic E-state index is 13.4. The molecule has 0 bridgehead atoms. The Hall–Kier alpha value is -1.70. The van der Waals surface area contributed by atoms with Crippen LogP contribution in [0.25, 0.3) is 10.2 Å². The van der Waals surface area contributed by atoms with E-state index in [4.69, 9.17) is 21.3 Å². The summed E-state index contributed by atoms with van der Waals surface area (Å²) in [6, 6.07) is 3.28. The second-order valence-electron chi connectivity index (χ2n) is 6.84. The summed E-state index contributed by atoms with van der Waals surface area (Å²) in [5.74, 6) is 0.930. The molecule has 3 heterocycles. The van der Waals surface area contributed by atoms with Gasteiger partial charge in [0.2, 0.25) is 0 Å². The number of ether oxygens (including phenoxy) is 1. The van der Waals surface area contributed by atoms with Gasteiger partial charge in [-0.05, 0) is 48.9 Å². The van der Waals surface area contributed by atoms with Crippen LogP contribution in [0.3, 0.4) is 0 Å². The van der Waals surface area contributed by atoms with Crippen molar-refractivity contribution < 1.29 is 9.84 Å². The van der Waals surface area contributed by atoms with Gasteiger partial charge in [0.1, 0.15) is 4.83 Å². The smallest absolute Gasteiger partial charge is 0.263 e. The highest BCUT2D eigenvalue weighted by molar-refractivity contribution is 7.99. The van der Waals surface area contributed by atoms with Crippen LogP contribution in [0, 0.1) is 0 Å². The minimum absolute atomic E-state index is 0.0348. The van der Waals surface area contributed by atoms with Crippen molar-refractivity contribution in [1.82, 2.24) is 9.55 Å². The number of nitrogens with zero attached hydrogens (tertiary/aromatic N) is 2. The molecule has 8 heteroatoms. The topological polar surface area (TPSA) is 64.3 Å². The van der Waals surface area contributed by atoms with E-state index < -0.39 is 0 Å². The zero-order chi connectivity index (χ0) is 18.7. The minimum Gasteiger partial charge on any atom is -0.503 e. The average molecular weight is 421 g/mol. The lowest BCUT2D eigenvalue weighted by Crippen LogP contribution is -2.25. The molecule has 0 unspecified atom stereocenters. The Morgan fingerprint density at radius 2 is 2.15 bits per heavy atom. The quantitative estimate of drug-likeness (QED) is 0.622. The number of rotatable bonds is 2. The standard InChI is InChI=1S/C19H17ClN2O3S2/c1-25-13-7-9(6-11(20)16(13)23)12-8-26-19-21-17-15(18(24)22(12)19)10-4-2-3-5-14(10)27-17/h6-7,12,23H,2-5,8H2,1H3/t12-/m0/s1. The first-order valence-corrected chi connectivity index (χ1v) is 11.0. The summed E-state index contributed by atoms with van der Waals surface area (Å²) < 4.78 is 7.02. The number of hydrogen-bond acceptors (Lipinski definition) is 6. The highest BCUT2D eigenvalue weighted by atomic mass is 35.5. The van der Waals surface area contributed by atoms with Gasteiger partial charge in [-0.3, -0.25) is 9.36 Å². The number of phenolic OH excluding ortho intramolecular Hbond substituents is 1. The van der Waals surface area contributed by atoms with Crippen LogP contribution in [0.5, 0.6) is 11.5 Å². The molecule has 27 heavy (non-hydrogen) atoms. The highest BCUT2D eigenvalue weighted by Crippen LogP contribution is 2.43. The third-order valence-corrected chi connectivity index (χ3v) is 7.83. The van der Waals surface area contributed by atoms with Gasteiger partial charge in [0.05, 0.1) is 23.6 Å². The first-order chi connectivity index (χ1) is 13.1. The van der Waals surface area contributed by atoms with Crippen molar-refractivity contribution in [2.45, 2.75) is 36.9 Å². The Kier molecular flexibility index (Phi) is 4.14. The molecule has 5 nitrogen and oxygen atoms in total. The van der Waals surface area contributed by atoms with E-state index in [1.165, 1.54) is 24.0 Å². The number of phenols is 1. The molecule has 0 fully saturated rings. The molecule has 0 spiro atoms. The zero-order valence-electron chi connectivity index (χ0n) is 14.6. The van der Waals surface area contributed by atoms with Gasteiger partial charge in [0, 0.05) is 10.6 Å². The summed E-state index contributed by atoms with van der Waals surface area (Å²) >= 11 is 9.43. The third-order valence-electron chi connectivity index (χ3n) is 5.33. The van der Waals surface area contributed by atoms with Crippen LogP contribution < -0.4 is 10.3 Å². The second kappa shape index (κ2) is 6.43. The molecule has 1 aromatic carbocycles. The monoisotopic (exact) mass is 420 g/mol. The molecule has 1 aliphatic heterocycles. The predicted octanol–water partition coefficient (Wildman–Crippen LogP) is 4.40. The Labute approximate surface area is 168 Å². The lowest BCUT2D eigenvalue weighted by atomic mass is 9.97. The molecule has 1 atom stereocenters. The Morgan fingerprint density at radius 1 is 1.33 bits per heavy atom.